The van der Waals surface area contributed by atoms with Gasteiger partial charge in [-0.15, -0.1) is 0 Å². The molecule has 0 aliphatic rings. The maximum atomic E-state index is 5.28. The Hall–Kier alpha value is -2.23. The van der Waals surface area contributed by atoms with E-state index in [0.29, 0.717) is 0 Å². The molecule has 0 spiro atoms. The molecule has 4 heteroatoms. The third-order valence-corrected chi connectivity index (χ3v) is 2.35. The number of pyridine rings is 1. The van der Waals surface area contributed by atoms with Crippen LogP contribution in [0.1, 0.15) is 0 Å². The molecule has 1 N–H and O–H groups in total. The van der Waals surface area contributed by atoms with Gasteiger partial charge in [0.25, 0.3) is 0 Å². The topological polar surface area (TPSA) is 43.4 Å². The lowest BCUT2D eigenvalue weighted by molar-refractivity contribution is 0.405. The summed E-state index contributed by atoms with van der Waals surface area (Å²) in [5.74, 6) is 1.53. The van der Waals surface area contributed by atoms with Gasteiger partial charge in [-0.25, -0.2) is 0 Å². The van der Waals surface area contributed by atoms with Crippen LogP contribution >= 0.6 is 0 Å². The summed E-state index contributed by atoms with van der Waals surface area (Å²) in [6.07, 6.45) is 3.48. The van der Waals surface area contributed by atoms with E-state index in [1.165, 1.54) is 0 Å². The number of rotatable bonds is 4. The third kappa shape index (κ3) is 2.66. The van der Waals surface area contributed by atoms with Crippen molar-refractivity contribution in [3.63, 3.8) is 0 Å². The van der Waals surface area contributed by atoms with E-state index in [9.17, 15) is 0 Å². The molecule has 0 radical (unpaired) electrons. The van der Waals surface area contributed by atoms with Crippen molar-refractivity contribution in [1.82, 2.24) is 4.98 Å². The Kier molecular flexibility index (Phi) is 3.45. The van der Waals surface area contributed by atoms with Crippen LogP contribution < -0.4 is 14.8 Å². The van der Waals surface area contributed by atoms with Gasteiger partial charge in [0.2, 0.25) is 0 Å². The number of ether oxygens (including phenoxy) is 2. The predicted molar refractivity (Wildman–Crippen MR) is 67.1 cm³/mol. The Morgan fingerprint density at radius 3 is 2.65 bits per heavy atom. The molecule has 2 aromatic rings. The first-order valence-electron chi connectivity index (χ1n) is 5.22. The Bertz CT molecular complexity index is 486. The second-order valence-corrected chi connectivity index (χ2v) is 3.43. The summed E-state index contributed by atoms with van der Waals surface area (Å²) in [7, 11) is 3.27. The van der Waals surface area contributed by atoms with Gasteiger partial charge in [-0.3, -0.25) is 4.98 Å². The number of nitrogens with one attached hydrogen (secondary N) is 1. The van der Waals surface area contributed by atoms with Crippen LogP contribution in [0.15, 0.2) is 42.7 Å². The number of anilines is 2. The first-order valence-corrected chi connectivity index (χ1v) is 5.22. The fourth-order valence-electron chi connectivity index (χ4n) is 1.50. The molecule has 0 saturated heterocycles. The van der Waals surface area contributed by atoms with E-state index >= 15 is 0 Å². The molecule has 1 aromatic heterocycles. The molecule has 0 fully saturated rings. The Labute approximate surface area is 100 Å². The zero-order valence-electron chi connectivity index (χ0n) is 9.81. The number of methoxy groups -OCH3 is 2. The minimum Gasteiger partial charge on any atom is -0.497 e. The average molecular weight is 230 g/mol. The zero-order chi connectivity index (χ0) is 12.1. The third-order valence-electron chi connectivity index (χ3n) is 2.35. The molecule has 0 bridgehead atoms. The van der Waals surface area contributed by atoms with Crippen LogP contribution in [-0.4, -0.2) is 19.2 Å². The van der Waals surface area contributed by atoms with Crippen LogP contribution in [-0.2, 0) is 0 Å². The first-order chi connectivity index (χ1) is 8.33. The summed E-state index contributed by atoms with van der Waals surface area (Å²) < 4.78 is 10.5. The SMILES string of the molecule is COc1ccc(OC)c(Nc2cccnc2)c1. The smallest absolute Gasteiger partial charge is 0.142 e. The summed E-state index contributed by atoms with van der Waals surface area (Å²) in [4.78, 5) is 4.04. The van der Waals surface area contributed by atoms with E-state index in [1.54, 1.807) is 26.6 Å². The van der Waals surface area contributed by atoms with Crippen molar-refractivity contribution < 1.29 is 9.47 Å². The second-order valence-electron chi connectivity index (χ2n) is 3.43. The maximum Gasteiger partial charge on any atom is 0.142 e. The van der Waals surface area contributed by atoms with Crippen LogP contribution in [0.4, 0.5) is 11.4 Å². The van der Waals surface area contributed by atoms with E-state index in [-0.39, 0.29) is 0 Å². The number of benzene rings is 1. The van der Waals surface area contributed by atoms with Gasteiger partial charge < -0.3 is 14.8 Å². The zero-order valence-corrected chi connectivity index (χ0v) is 9.81. The van der Waals surface area contributed by atoms with Crippen molar-refractivity contribution in [3.8, 4) is 11.5 Å². The fraction of sp³-hybridized carbons (Fsp3) is 0.154. The van der Waals surface area contributed by atoms with Crippen molar-refractivity contribution in [2.75, 3.05) is 19.5 Å². The molecule has 1 heterocycles. The van der Waals surface area contributed by atoms with Gasteiger partial charge in [-0.05, 0) is 24.3 Å². The lowest BCUT2D eigenvalue weighted by Crippen LogP contribution is -1.95. The molecule has 2 rings (SSSR count). The molecule has 0 amide bonds. The molecule has 0 unspecified atom stereocenters. The molecule has 0 aliphatic heterocycles. The number of aromatic nitrogens is 1. The molecular weight excluding hydrogens is 216 g/mol. The molecule has 0 saturated carbocycles. The summed E-state index contributed by atoms with van der Waals surface area (Å²) >= 11 is 0. The van der Waals surface area contributed by atoms with Crippen LogP contribution in [0, 0.1) is 0 Å². The highest BCUT2D eigenvalue weighted by atomic mass is 16.5. The summed E-state index contributed by atoms with van der Waals surface area (Å²) in [6.45, 7) is 0. The largest absolute Gasteiger partial charge is 0.497 e. The molecule has 88 valence electrons. The number of hydrogen-bond acceptors (Lipinski definition) is 4. The summed E-state index contributed by atoms with van der Waals surface area (Å²) in [5, 5.41) is 3.23. The van der Waals surface area contributed by atoms with Crippen molar-refractivity contribution in [2.24, 2.45) is 0 Å². The minimum atomic E-state index is 0.759. The lowest BCUT2D eigenvalue weighted by atomic mass is 10.2. The normalized spacial score (nSPS) is 9.76. The minimum absolute atomic E-state index is 0.759. The average Bonchev–Trinajstić information content (AvgIpc) is 2.40. The van der Waals surface area contributed by atoms with E-state index in [4.69, 9.17) is 9.47 Å². The van der Waals surface area contributed by atoms with Gasteiger partial charge in [0, 0.05) is 12.3 Å². The van der Waals surface area contributed by atoms with E-state index in [2.05, 4.69) is 10.3 Å². The number of hydrogen-bond donors (Lipinski definition) is 1. The van der Waals surface area contributed by atoms with Crippen molar-refractivity contribution in [2.45, 2.75) is 0 Å². The molecule has 0 atom stereocenters. The van der Waals surface area contributed by atoms with Gasteiger partial charge in [0.15, 0.2) is 0 Å². The molecule has 0 aliphatic carbocycles. The van der Waals surface area contributed by atoms with Crippen molar-refractivity contribution in [1.29, 1.82) is 0 Å². The van der Waals surface area contributed by atoms with Crippen LogP contribution in [0.25, 0.3) is 0 Å². The second kappa shape index (κ2) is 5.21. The highest BCUT2D eigenvalue weighted by Gasteiger charge is 2.05. The molecular formula is C13H14N2O2. The van der Waals surface area contributed by atoms with Crippen molar-refractivity contribution >= 4 is 11.4 Å². The monoisotopic (exact) mass is 230 g/mol. The van der Waals surface area contributed by atoms with Gasteiger partial charge in [-0.2, -0.15) is 0 Å². The molecule has 4 nitrogen and oxygen atoms in total. The van der Waals surface area contributed by atoms with E-state index in [0.717, 1.165) is 22.9 Å². The highest BCUT2D eigenvalue weighted by Crippen LogP contribution is 2.31. The van der Waals surface area contributed by atoms with E-state index < -0.39 is 0 Å². The van der Waals surface area contributed by atoms with E-state index in [1.807, 2.05) is 30.3 Å². The maximum absolute atomic E-state index is 5.28. The van der Waals surface area contributed by atoms with Crippen LogP contribution in [0.5, 0.6) is 11.5 Å². The highest BCUT2D eigenvalue weighted by molar-refractivity contribution is 5.67. The molecule has 1 aromatic carbocycles. The summed E-state index contributed by atoms with van der Waals surface area (Å²) in [5.41, 5.74) is 1.75. The standard InChI is InChI=1S/C13H14N2O2/c1-16-11-5-6-13(17-2)12(8-11)15-10-4-3-7-14-9-10/h3-9,15H,1-2H3. The van der Waals surface area contributed by atoms with Crippen molar-refractivity contribution in [3.05, 3.63) is 42.7 Å². The van der Waals surface area contributed by atoms with Crippen LogP contribution in [0.2, 0.25) is 0 Å². The predicted octanol–water partition coefficient (Wildman–Crippen LogP) is 2.84. The van der Waals surface area contributed by atoms with Gasteiger partial charge in [-0.1, -0.05) is 0 Å². The van der Waals surface area contributed by atoms with Gasteiger partial charge >= 0.3 is 0 Å². The Morgan fingerprint density at radius 2 is 2.00 bits per heavy atom. The molecule has 17 heavy (non-hydrogen) atoms. The Morgan fingerprint density at radius 1 is 1.12 bits per heavy atom. The van der Waals surface area contributed by atoms with Gasteiger partial charge in [0.05, 0.1) is 31.8 Å². The first kappa shape index (κ1) is 11.3. The Balaban J connectivity index is 2.30. The lowest BCUT2D eigenvalue weighted by Gasteiger charge is -2.12. The number of nitrogens with zero attached hydrogens (tertiary/aromatic N) is 1. The summed E-state index contributed by atoms with van der Waals surface area (Å²) in [6, 6.07) is 9.40. The fourth-order valence-corrected chi connectivity index (χ4v) is 1.50. The quantitative estimate of drug-likeness (QED) is 0.877. The van der Waals surface area contributed by atoms with Gasteiger partial charge in [0.1, 0.15) is 11.5 Å². The van der Waals surface area contributed by atoms with Crippen LogP contribution in [0.3, 0.4) is 0 Å².